The van der Waals surface area contributed by atoms with Crippen LogP contribution in [0.25, 0.3) is 11.2 Å². The van der Waals surface area contributed by atoms with Crippen LogP contribution in [-0.2, 0) is 11.3 Å². The Balaban J connectivity index is 1.60. The quantitative estimate of drug-likeness (QED) is 0.704. The van der Waals surface area contributed by atoms with Gasteiger partial charge in [0.15, 0.2) is 17.0 Å². The number of nitrogens with zero attached hydrogens (tertiary/aromatic N) is 4. The zero-order chi connectivity index (χ0) is 17.2. The first kappa shape index (κ1) is 16.1. The lowest BCUT2D eigenvalue weighted by Crippen LogP contribution is -2.08. The molecule has 0 aliphatic carbocycles. The van der Waals surface area contributed by atoms with Gasteiger partial charge in [-0.05, 0) is 42.1 Å². The van der Waals surface area contributed by atoms with Crippen LogP contribution >= 0.6 is 11.6 Å². The van der Waals surface area contributed by atoms with E-state index < -0.39 is 0 Å². The predicted molar refractivity (Wildman–Crippen MR) is 94.9 cm³/mol. The first-order chi connectivity index (χ1) is 12.2. The van der Waals surface area contributed by atoms with E-state index in [1.165, 1.54) is 0 Å². The number of nitrogens with one attached hydrogen (secondary N) is 1. The fourth-order valence-corrected chi connectivity index (χ4v) is 3.10. The van der Waals surface area contributed by atoms with Crippen molar-refractivity contribution in [3.63, 3.8) is 0 Å². The fraction of sp³-hybridized carbons (Fsp3) is 0.353. The van der Waals surface area contributed by atoms with Gasteiger partial charge in [-0.3, -0.25) is 4.57 Å². The number of anilines is 1. The van der Waals surface area contributed by atoms with Gasteiger partial charge in [0.05, 0.1) is 13.4 Å². The molecule has 4 rings (SSSR count). The normalized spacial score (nSPS) is 17.1. The molecule has 1 atom stereocenters. The van der Waals surface area contributed by atoms with Crippen molar-refractivity contribution in [2.75, 3.05) is 19.0 Å². The third kappa shape index (κ3) is 3.25. The summed E-state index contributed by atoms with van der Waals surface area (Å²) in [5.41, 5.74) is 2.47. The van der Waals surface area contributed by atoms with Gasteiger partial charge in [0.2, 0.25) is 5.28 Å². The highest BCUT2D eigenvalue weighted by atomic mass is 35.5. The highest BCUT2D eigenvalue weighted by Crippen LogP contribution is 2.29. The summed E-state index contributed by atoms with van der Waals surface area (Å²) in [7, 11) is 1.65. The Morgan fingerprint density at radius 1 is 1.32 bits per heavy atom. The van der Waals surface area contributed by atoms with Gasteiger partial charge in [-0.15, -0.1) is 0 Å². The number of hydrogen-bond acceptors (Lipinski definition) is 6. The van der Waals surface area contributed by atoms with Crippen molar-refractivity contribution in [3.05, 3.63) is 41.4 Å². The summed E-state index contributed by atoms with van der Waals surface area (Å²) < 4.78 is 12.8. The molecule has 0 bridgehead atoms. The number of imidazole rings is 1. The minimum absolute atomic E-state index is 0.0367. The van der Waals surface area contributed by atoms with Gasteiger partial charge >= 0.3 is 0 Å². The highest BCUT2D eigenvalue weighted by Gasteiger charge is 2.22. The van der Waals surface area contributed by atoms with Crippen molar-refractivity contribution >= 4 is 28.6 Å². The molecule has 2 aromatic heterocycles. The maximum Gasteiger partial charge on any atom is 0.226 e. The van der Waals surface area contributed by atoms with Crippen LogP contribution < -0.4 is 10.1 Å². The molecule has 1 aromatic carbocycles. The summed E-state index contributed by atoms with van der Waals surface area (Å²) in [5.74, 6) is 1.44. The minimum Gasteiger partial charge on any atom is -0.497 e. The lowest BCUT2D eigenvalue weighted by atomic mass is 10.2. The third-order valence-electron chi connectivity index (χ3n) is 4.23. The lowest BCUT2D eigenvalue weighted by Gasteiger charge is -2.12. The maximum atomic E-state index is 6.12. The molecule has 1 aliphatic heterocycles. The van der Waals surface area contributed by atoms with E-state index in [9.17, 15) is 0 Å². The van der Waals surface area contributed by atoms with Crippen LogP contribution in [-0.4, -0.2) is 33.2 Å². The molecule has 0 radical (unpaired) electrons. The minimum atomic E-state index is -0.0367. The Morgan fingerprint density at radius 2 is 2.16 bits per heavy atom. The second-order valence-corrected chi connectivity index (χ2v) is 6.17. The van der Waals surface area contributed by atoms with E-state index in [0.717, 1.165) is 30.8 Å². The van der Waals surface area contributed by atoms with E-state index >= 15 is 0 Å². The van der Waals surface area contributed by atoms with Gasteiger partial charge in [0.1, 0.15) is 12.0 Å². The Kier molecular flexibility index (Phi) is 4.42. The first-order valence-electron chi connectivity index (χ1n) is 8.13. The molecule has 1 fully saturated rings. The zero-order valence-corrected chi connectivity index (χ0v) is 14.5. The molecule has 8 heteroatoms. The highest BCUT2D eigenvalue weighted by molar-refractivity contribution is 6.28. The molecular formula is C17H18ClN5O2. The summed E-state index contributed by atoms with van der Waals surface area (Å²) in [6, 6.07) is 7.84. The van der Waals surface area contributed by atoms with Crippen molar-refractivity contribution in [2.45, 2.75) is 25.6 Å². The van der Waals surface area contributed by atoms with E-state index in [0.29, 0.717) is 23.5 Å². The molecular weight excluding hydrogens is 342 g/mol. The predicted octanol–water partition coefficient (Wildman–Crippen LogP) is 3.41. The summed E-state index contributed by atoms with van der Waals surface area (Å²) in [4.78, 5) is 13.1. The smallest absolute Gasteiger partial charge is 0.226 e. The Hall–Kier alpha value is -2.38. The second-order valence-electron chi connectivity index (χ2n) is 5.83. The SMILES string of the molecule is COc1ccc(CNc2nc(Cl)nc3c2ncn3C2CCCO2)cc1. The number of aromatic nitrogens is 4. The van der Waals surface area contributed by atoms with Gasteiger partial charge in [-0.2, -0.15) is 9.97 Å². The first-order valence-corrected chi connectivity index (χ1v) is 8.51. The molecule has 7 nitrogen and oxygen atoms in total. The molecule has 0 amide bonds. The van der Waals surface area contributed by atoms with Crippen LogP contribution in [0.5, 0.6) is 5.75 Å². The van der Waals surface area contributed by atoms with Crippen LogP contribution in [0.2, 0.25) is 5.28 Å². The molecule has 0 spiro atoms. The van der Waals surface area contributed by atoms with Gasteiger partial charge in [0, 0.05) is 13.2 Å². The topological polar surface area (TPSA) is 74.1 Å². The zero-order valence-electron chi connectivity index (χ0n) is 13.8. The second kappa shape index (κ2) is 6.85. The molecule has 25 heavy (non-hydrogen) atoms. The monoisotopic (exact) mass is 359 g/mol. The lowest BCUT2D eigenvalue weighted by molar-refractivity contribution is 0.0593. The number of fused-ring (bicyclic) bond motifs is 1. The summed E-state index contributed by atoms with van der Waals surface area (Å²) in [6.45, 7) is 1.35. The summed E-state index contributed by atoms with van der Waals surface area (Å²) in [6.07, 6.45) is 3.68. The molecule has 3 heterocycles. The fourth-order valence-electron chi connectivity index (χ4n) is 2.93. The average Bonchev–Trinajstić information content (AvgIpc) is 3.29. The van der Waals surface area contributed by atoms with Gasteiger partial charge in [-0.1, -0.05) is 12.1 Å². The molecule has 1 aliphatic rings. The number of hydrogen-bond donors (Lipinski definition) is 1. The van der Waals surface area contributed by atoms with E-state index in [1.54, 1.807) is 13.4 Å². The van der Waals surface area contributed by atoms with E-state index in [-0.39, 0.29) is 11.5 Å². The third-order valence-corrected chi connectivity index (χ3v) is 4.40. The summed E-state index contributed by atoms with van der Waals surface area (Å²) in [5, 5.41) is 3.48. The van der Waals surface area contributed by atoms with Crippen molar-refractivity contribution in [1.29, 1.82) is 0 Å². The van der Waals surface area contributed by atoms with E-state index in [2.05, 4.69) is 20.3 Å². The average molecular weight is 360 g/mol. The number of rotatable bonds is 5. The molecule has 1 N–H and O–H groups in total. The Bertz CT molecular complexity index is 875. The van der Waals surface area contributed by atoms with E-state index in [1.807, 2.05) is 28.8 Å². The number of methoxy groups -OCH3 is 1. The van der Waals surface area contributed by atoms with Crippen molar-refractivity contribution in [3.8, 4) is 5.75 Å². The Morgan fingerprint density at radius 3 is 2.88 bits per heavy atom. The van der Waals surface area contributed by atoms with Gasteiger partial charge in [0.25, 0.3) is 0 Å². The van der Waals surface area contributed by atoms with Crippen molar-refractivity contribution in [1.82, 2.24) is 19.5 Å². The van der Waals surface area contributed by atoms with Crippen LogP contribution in [0.15, 0.2) is 30.6 Å². The van der Waals surface area contributed by atoms with Crippen LogP contribution in [0.1, 0.15) is 24.6 Å². The van der Waals surface area contributed by atoms with Crippen molar-refractivity contribution < 1.29 is 9.47 Å². The maximum absolute atomic E-state index is 6.12. The van der Waals surface area contributed by atoms with Crippen molar-refractivity contribution in [2.24, 2.45) is 0 Å². The molecule has 0 saturated carbocycles. The van der Waals surface area contributed by atoms with E-state index in [4.69, 9.17) is 21.1 Å². The molecule has 1 saturated heterocycles. The standard InChI is InChI=1S/C17H18ClN5O2/c1-24-12-6-4-11(5-7-12)9-19-15-14-16(22-17(18)21-15)23(10-20-14)13-3-2-8-25-13/h4-7,10,13H,2-3,8-9H2,1H3,(H,19,21,22). The van der Waals surface area contributed by atoms with Gasteiger partial charge < -0.3 is 14.8 Å². The number of benzene rings is 1. The number of halogens is 1. The Labute approximate surface area is 150 Å². The number of ether oxygens (including phenoxy) is 2. The van der Waals surface area contributed by atoms with Crippen LogP contribution in [0, 0.1) is 0 Å². The molecule has 3 aromatic rings. The summed E-state index contributed by atoms with van der Waals surface area (Å²) >= 11 is 6.12. The largest absolute Gasteiger partial charge is 0.497 e. The van der Waals surface area contributed by atoms with Crippen LogP contribution in [0.3, 0.4) is 0 Å². The molecule has 1 unspecified atom stereocenters. The van der Waals surface area contributed by atoms with Crippen LogP contribution in [0.4, 0.5) is 5.82 Å². The van der Waals surface area contributed by atoms with Gasteiger partial charge in [-0.25, -0.2) is 4.98 Å². The molecule has 130 valence electrons.